The van der Waals surface area contributed by atoms with Gasteiger partial charge in [-0.3, -0.25) is 4.79 Å². The number of aromatic carboxylic acids is 1. The van der Waals surface area contributed by atoms with Crippen LogP contribution < -0.4 is 5.32 Å². The standard InChI is InChI=1S/C13H12N2O4/c16-12(4-3-10-2-1-7-19-10)15-11-8-9(13(17)18)5-6-14-11/h1-2,5-8H,3-4H2,(H,17,18)(H,14,15,16). The molecule has 1 amide bonds. The number of nitrogens with one attached hydrogen (secondary N) is 1. The van der Waals surface area contributed by atoms with Crippen LogP contribution in [0.15, 0.2) is 41.1 Å². The summed E-state index contributed by atoms with van der Waals surface area (Å²) in [5.74, 6) is -0.355. The number of nitrogens with zero attached hydrogens (tertiary/aromatic N) is 1. The molecule has 0 aliphatic heterocycles. The van der Waals surface area contributed by atoms with E-state index in [0.29, 0.717) is 6.42 Å². The Morgan fingerprint density at radius 1 is 1.37 bits per heavy atom. The Balaban J connectivity index is 1.91. The van der Waals surface area contributed by atoms with Gasteiger partial charge in [-0.15, -0.1) is 0 Å². The third kappa shape index (κ3) is 3.67. The molecule has 2 rings (SSSR count). The van der Waals surface area contributed by atoms with E-state index in [1.807, 2.05) is 0 Å². The van der Waals surface area contributed by atoms with Gasteiger partial charge in [0, 0.05) is 19.0 Å². The molecule has 0 atom stereocenters. The highest BCUT2D eigenvalue weighted by Crippen LogP contribution is 2.09. The van der Waals surface area contributed by atoms with Crippen LogP contribution in [0.4, 0.5) is 5.82 Å². The molecule has 19 heavy (non-hydrogen) atoms. The van der Waals surface area contributed by atoms with Crippen LogP contribution in [0.2, 0.25) is 0 Å². The Kier molecular flexibility index (Phi) is 3.92. The molecule has 0 saturated carbocycles. The van der Waals surface area contributed by atoms with Crippen LogP contribution in [-0.2, 0) is 11.2 Å². The van der Waals surface area contributed by atoms with Crippen LogP contribution in [0.5, 0.6) is 0 Å². The zero-order valence-corrected chi connectivity index (χ0v) is 10.00. The molecule has 0 fully saturated rings. The summed E-state index contributed by atoms with van der Waals surface area (Å²) in [6, 6.07) is 6.22. The quantitative estimate of drug-likeness (QED) is 0.857. The van der Waals surface area contributed by atoms with Gasteiger partial charge in [0.25, 0.3) is 0 Å². The van der Waals surface area contributed by atoms with Gasteiger partial charge in [0.1, 0.15) is 11.6 Å². The predicted octanol–water partition coefficient (Wildman–Crippen LogP) is 1.94. The van der Waals surface area contributed by atoms with Crippen molar-refractivity contribution < 1.29 is 19.1 Å². The number of rotatable bonds is 5. The topological polar surface area (TPSA) is 92.4 Å². The van der Waals surface area contributed by atoms with E-state index in [2.05, 4.69) is 10.3 Å². The zero-order valence-electron chi connectivity index (χ0n) is 10.00. The number of furan rings is 1. The van der Waals surface area contributed by atoms with Crippen molar-refractivity contribution in [2.45, 2.75) is 12.8 Å². The van der Waals surface area contributed by atoms with E-state index in [1.54, 1.807) is 18.4 Å². The van der Waals surface area contributed by atoms with Gasteiger partial charge in [0.2, 0.25) is 5.91 Å². The van der Waals surface area contributed by atoms with E-state index >= 15 is 0 Å². The van der Waals surface area contributed by atoms with Crippen molar-refractivity contribution in [3.8, 4) is 0 Å². The highest BCUT2D eigenvalue weighted by atomic mass is 16.4. The molecule has 0 unspecified atom stereocenters. The molecule has 2 N–H and O–H groups in total. The Morgan fingerprint density at radius 2 is 2.21 bits per heavy atom. The van der Waals surface area contributed by atoms with E-state index in [9.17, 15) is 9.59 Å². The number of carboxylic acid groups (broad SMARTS) is 1. The predicted molar refractivity (Wildman–Crippen MR) is 66.9 cm³/mol. The van der Waals surface area contributed by atoms with Crippen LogP contribution in [0, 0.1) is 0 Å². The summed E-state index contributed by atoms with van der Waals surface area (Å²) in [5, 5.41) is 11.4. The van der Waals surface area contributed by atoms with Gasteiger partial charge in [-0.2, -0.15) is 0 Å². The minimum absolute atomic E-state index is 0.0799. The van der Waals surface area contributed by atoms with Crippen LogP contribution in [0.1, 0.15) is 22.5 Å². The first-order valence-corrected chi connectivity index (χ1v) is 5.67. The molecule has 0 aromatic carbocycles. The van der Waals surface area contributed by atoms with E-state index in [0.717, 1.165) is 5.76 Å². The molecule has 0 spiro atoms. The molecule has 0 aliphatic carbocycles. The summed E-state index contributed by atoms with van der Waals surface area (Å²) >= 11 is 0. The number of carboxylic acids is 1. The van der Waals surface area contributed by atoms with Gasteiger partial charge in [0.15, 0.2) is 0 Å². The zero-order chi connectivity index (χ0) is 13.7. The number of amides is 1. The molecular formula is C13H12N2O4. The molecular weight excluding hydrogens is 248 g/mol. The van der Waals surface area contributed by atoms with Crippen LogP contribution in [0.3, 0.4) is 0 Å². The average Bonchev–Trinajstić information content (AvgIpc) is 2.90. The van der Waals surface area contributed by atoms with Gasteiger partial charge >= 0.3 is 5.97 Å². The largest absolute Gasteiger partial charge is 0.478 e. The van der Waals surface area contributed by atoms with Crippen LogP contribution in [-0.4, -0.2) is 22.0 Å². The van der Waals surface area contributed by atoms with Gasteiger partial charge in [-0.25, -0.2) is 9.78 Å². The summed E-state index contributed by atoms with van der Waals surface area (Å²) in [6.45, 7) is 0. The summed E-state index contributed by atoms with van der Waals surface area (Å²) in [4.78, 5) is 26.3. The lowest BCUT2D eigenvalue weighted by Gasteiger charge is -2.04. The second-order valence-corrected chi connectivity index (χ2v) is 3.86. The molecule has 0 bridgehead atoms. The Bertz CT molecular complexity index is 578. The van der Waals surface area contributed by atoms with Crippen molar-refractivity contribution in [3.05, 3.63) is 48.0 Å². The van der Waals surface area contributed by atoms with E-state index in [1.165, 1.54) is 18.3 Å². The number of anilines is 1. The lowest BCUT2D eigenvalue weighted by molar-refractivity contribution is -0.116. The summed E-state index contributed by atoms with van der Waals surface area (Å²) < 4.78 is 5.11. The smallest absolute Gasteiger partial charge is 0.335 e. The number of pyridine rings is 1. The fourth-order valence-electron chi connectivity index (χ4n) is 1.53. The van der Waals surface area contributed by atoms with Gasteiger partial charge in [-0.1, -0.05) is 0 Å². The van der Waals surface area contributed by atoms with Crippen LogP contribution in [0.25, 0.3) is 0 Å². The number of carbonyl (C=O) groups is 2. The summed E-state index contributed by atoms with van der Waals surface area (Å²) in [6.07, 6.45) is 3.61. The Morgan fingerprint density at radius 3 is 2.89 bits per heavy atom. The third-order valence-electron chi connectivity index (χ3n) is 2.45. The van der Waals surface area contributed by atoms with Crippen molar-refractivity contribution in [3.63, 3.8) is 0 Å². The first-order chi connectivity index (χ1) is 9.15. The maximum Gasteiger partial charge on any atom is 0.335 e. The maximum absolute atomic E-state index is 11.6. The summed E-state index contributed by atoms with van der Waals surface area (Å²) in [7, 11) is 0. The molecule has 0 radical (unpaired) electrons. The van der Waals surface area contributed by atoms with Crippen molar-refractivity contribution in [2.75, 3.05) is 5.32 Å². The van der Waals surface area contributed by atoms with Crippen molar-refractivity contribution in [1.82, 2.24) is 4.98 Å². The second-order valence-electron chi connectivity index (χ2n) is 3.86. The van der Waals surface area contributed by atoms with Gasteiger partial charge < -0.3 is 14.8 Å². The highest BCUT2D eigenvalue weighted by Gasteiger charge is 2.08. The summed E-state index contributed by atoms with van der Waals surface area (Å²) in [5.41, 5.74) is 0.0799. The molecule has 2 heterocycles. The second kappa shape index (κ2) is 5.81. The highest BCUT2D eigenvalue weighted by molar-refractivity contribution is 5.92. The van der Waals surface area contributed by atoms with E-state index < -0.39 is 5.97 Å². The van der Waals surface area contributed by atoms with Crippen LogP contribution >= 0.6 is 0 Å². The van der Waals surface area contributed by atoms with Crippen molar-refractivity contribution >= 4 is 17.7 Å². The van der Waals surface area contributed by atoms with Crippen molar-refractivity contribution in [1.29, 1.82) is 0 Å². The van der Waals surface area contributed by atoms with E-state index in [-0.39, 0.29) is 23.7 Å². The van der Waals surface area contributed by atoms with E-state index in [4.69, 9.17) is 9.52 Å². The maximum atomic E-state index is 11.6. The fraction of sp³-hybridized carbons (Fsp3) is 0.154. The first-order valence-electron chi connectivity index (χ1n) is 5.67. The van der Waals surface area contributed by atoms with Crippen molar-refractivity contribution in [2.24, 2.45) is 0 Å². The monoisotopic (exact) mass is 260 g/mol. The number of aryl methyl sites for hydroxylation is 1. The fourth-order valence-corrected chi connectivity index (χ4v) is 1.53. The number of carbonyl (C=O) groups excluding carboxylic acids is 1. The Labute approximate surface area is 109 Å². The SMILES string of the molecule is O=C(CCc1ccco1)Nc1cc(C(=O)O)ccn1. The van der Waals surface area contributed by atoms with Gasteiger partial charge in [0.05, 0.1) is 11.8 Å². The molecule has 98 valence electrons. The molecule has 6 nitrogen and oxygen atoms in total. The average molecular weight is 260 g/mol. The Hall–Kier alpha value is -2.63. The third-order valence-corrected chi connectivity index (χ3v) is 2.45. The lowest BCUT2D eigenvalue weighted by Crippen LogP contribution is -2.13. The molecule has 0 aliphatic rings. The normalized spacial score (nSPS) is 10.1. The molecule has 0 saturated heterocycles. The number of hydrogen-bond acceptors (Lipinski definition) is 4. The molecule has 6 heteroatoms. The van der Waals surface area contributed by atoms with Gasteiger partial charge in [-0.05, 0) is 24.3 Å². The minimum atomic E-state index is -1.06. The minimum Gasteiger partial charge on any atom is -0.478 e. The number of hydrogen-bond donors (Lipinski definition) is 2. The first kappa shape index (κ1) is 12.8. The lowest BCUT2D eigenvalue weighted by atomic mass is 10.2. The number of aromatic nitrogens is 1. The molecule has 2 aromatic heterocycles. The molecule has 2 aromatic rings.